The second-order valence-electron chi connectivity index (χ2n) is 5.83. The van der Waals surface area contributed by atoms with E-state index in [2.05, 4.69) is 17.7 Å². The first-order chi connectivity index (χ1) is 9.95. The molecule has 1 aliphatic carbocycles. The number of anilines is 1. The first kappa shape index (κ1) is 15.2. The average molecular weight is 292 g/mol. The van der Waals surface area contributed by atoms with Crippen molar-refractivity contribution in [1.82, 2.24) is 5.32 Å². The molecule has 0 heterocycles. The lowest BCUT2D eigenvalue weighted by atomic mass is 9.89. The molecule has 0 aromatic heterocycles. The van der Waals surface area contributed by atoms with Gasteiger partial charge in [0.15, 0.2) is 0 Å². The van der Waals surface area contributed by atoms with E-state index >= 15 is 0 Å². The van der Waals surface area contributed by atoms with Gasteiger partial charge in [-0.3, -0.25) is 20.8 Å². The van der Waals surface area contributed by atoms with Gasteiger partial charge in [-0.2, -0.15) is 0 Å². The Morgan fingerprint density at radius 2 is 2.10 bits per heavy atom. The van der Waals surface area contributed by atoms with E-state index < -0.39 is 4.92 Å². The normalized spacial score (nSPS) is 16.5. The molecule has 0 aliphatic heterocycles. The molecule has 4 N–H and O–H groups in total. The zero-order valence-electron chi connectivity index (χ0n) is 12.0. The first-order valence-electron chi connectivity index (χ1n) is 6.98. The highest BCUT2D eigenvalue weighted by atomic mass is 16.6. The van der Waals surface area contributed by atoms with Crippen molar-refractivity contribution in [3.63, 3.8) is 0 Å². The van der Waals surface area contributed by atoms with Gasteiger partial charge < -0.3 is 10.7 Å². The third-order valence-electron chi connectivity index (χ3n) is 4.10. The van der Waals surface area contributed by atoms with Crippen LogP contribution in [0.15, 0.2) is 18.2 Å². The number of nitrogens with one attached hydrogen (secondary N) is 2. The summed E-state index contributed by atoms with van der Waals surface area (Å²) < 4.78 is 0. The molecule has 114 valence electrons. The summed E-state index contributed by atoms with van der Waals surface area (Å²) in [5.74, 6) is 5.02. The molecule has 1 aliphatic rings. The van der Waals surface area contributed by atoms with Gasteiger partial charge in [-0.15, -0.1) is 0 Å². The van der Waals surface area contributed by atoms with Gasteiger partial charge in [-0.1, -0.05) is 19.8 Å². The van der Waals surface area contributed by atoms with Gasteiger partial charge >= 0.3 is 0 Å². The Morgan fingerprint density at radius 3 is 2.67 bits per heavy atom. The molecule has 1 saturated carbocycles. The van der Waals surface area contributed by atoms with Crippen molar-refractivity contribution >= 4 is 17.3 Å². The number of nitrogens with zero attached hydrogens (tertiary/aromatic N) is 1. The zero-order valence-corrected chi connectivity index (χ0v) is 12.0. The smallest absolute Gasteiger partial charge is 0.293 e. The molecular weight excluding hydrogens is 272 g/mol. The van der Waals surface area contributed by atoms with Crippen LogP contribution in [0.1, 0.15) is 43.0 Å². The summed E-state index contributed by atoms with van der Waals surface area (Å²) in [6, 6.07) is 4.11. The molecule has 1 amide bonds. The lowest BCUT2D eigenvalue weighted by molar-refractivity contribution is -0.384. The van der Waals surface area contributed by atoms with Crippen molar-refractivity contribution in [3.8, 4) is 0 Å². The number of nitro benzene ring substituents is 1. The Hall–Kier alpha value is -2.15. The molecule has 0 spiro atoms. The van der Waals surface area contributed by atoms with Gasteiger partial charge in [0.25, 0.3) is 11.6 Å². The quantitative estimate of drug-likeness (QED) is 0.437. The van der Waals surface area contributed by atoms with Crippen LogP contribution in [0.4, 0.5) is 11.4 Å². The summed E-state index contributed by atoms with van der Waals surface area (Å²) in [5, 5.41) is 13.7. The lowest BCUT2D eigenvalue weighted by Gasteiger charge is -2.23. The third kappa shape index (κ3) is 3.49. The maximum absolute atomic E-state index is 12.1. The van der Waals surface area contributed by atoms with E-state index in [0.29, 0.717) is 12.1 Å². The van der Waals surface area contributed by atoms with Crippen LogP contribution >= 0.6 is 0 Å². The highest BCUT2D eigenvalue weighted by Gasteiger charge is 2.29. The number of hydrazine groups is 1. The molecule has 21 heavy (non-hydrogen) atoms. The van der Waals surface area contributed by atoms with Crippen molar-refractivity contribution in [2.75, 3.05) is 12.0 Å². The van der Waals surface area contributed by atoms with Crippen LogP contribution in [-0.2, 0) is 0 Å². The van der Waals surface area contributed by atoms with Gasteiger partial charge in [0.1, 0.15) is 5.69 Å². The van der Waals surface area contributed by atoms with Crippen LogP contribution < -0.4 is 16.6 Å². The van der Waals surface area contributed by atoms with Crippen molar-refractivity contribution < 1.29 is 9.72 Å². The maximum atomic E-state index is 12.1. The average Bonchev–Trinajstić information content (AvgIpc) is 2.91. The zero-order chi connectivity index (χ0) is 15.5. The van der Waals surface area contributed by atoms with E-state index in [0.717, 1.165) is 12.8 Å². The highest BCUT2D eigenvalue weighted by molar-refractivity contribution is 5.95. The van der Waals surface area contributed by atoms with Crippen LogP contribution in [-0.4, -0.2) is 17.4 Å². The summed E-state index contributed by atoms with van der Waals surface area (Å²) in [7, 11) is 0. The number of benzene rings is 1. The number of rotatable bonds is 5. The topological polar surface area (TPSA) is 110 Å². The summed E-state index contributed by atoms with van der Waals surface area (Å²) in [5.41, 5.74) is 2.74. The van der Waals surface area contributed by atoms with Gasteiger partial charge in [-0.05, 0) is 30.4 Å². The minimum absolute atomic E-state index is 0.125. The molecular formula is C14H20N4O3. The van der Waals surface area contributed by atoms with Crippen molar-refractivity contribution in [1.29, 1.82) is 0 Å². The minimum Gasteiger partial charge on any atom is -0.351 e. The second kappa shape index (κ2) is 6.09. The predicted octanol–water partition coefficient (Wildman–Crippen LogP) is 2.19. The van der Waals surface area contributed by atoms with Crippen LogP contribution in [0.2, 0.25) is 0 Å². The molecule has 2 rings (SSSR count). The van der Waals surface area contributed by atoms with Crippen molar-refractivity contribution in [2.24, 2.45) is 11.3 Å². The van der Waals surface area contributed by atoms with Crippen LogP contribution in [0.3, 0.4) is 0 Å². The molecule has 0 atom stereocenters. The van der Waals surface area contributed by atoms with Crippen LogP contribution in [0.5, 0.6) is 0 Å². The molecule has 0 bridgehead atoms. The number of hydrogen-bond donors (Lipinski definition) is 3. The summed E-state index contributed by atoms with van der Waals surface area (Å²) in [6.07, 6.45) is 4.63. The second-order valence-corrected chi connectivity index (χ2v) is 5.83. The van der Waals surface area contributed by atoms with Crippen LogP contribution in [0, 0.1) is 15.5 Å². The number of carbonyl (C=O) groups excluding carboxylic acids is 1. The lowest BCUT2D eigenvalue weighted by Crippen LogP contribution is -2.34. The predicted molar refractivity (Wildman–Crippen MR) is 79.8 cm³/mol. The molecule has 7 heteroatoms. The molecule has 0 unspecified atom stereocenters. The monoisotopic (exact) mass is 292 g/mol. The Labute approximate surface area is 123 Å². The Balaban J connectivity index is 2.07. The Kier molecular flexibility index (Phi) is 4.42. The van der Waals surface area contributed by atoms with Gasteiger partial charge in [0.05, 0.1) is 4.92 Å². The summed E-state index contributed by atoms with van der Waals surface area (Å²) >= 11 is 0. The molecule has 1 aromatic rings. The Bertz CT molecular complexity index is 553. The van der Waals surface area contributed by atoms with E-state index in [9.17, 15) is 14.9 Å². The number of nitrogen functional groups attached to an aromatic ring is 1. The fourth-order valence-corrected chi connectivity index (χ4v) is 2.75. The maximum Gasteiger partial charge on any atom is 0.293 e. The van der Waals surface area contributed by atoms with Crippen molar-refractivity contribution in [3.05, 3.63) is 33.9 Å². The standard InChI is InChI=1S/C14H20N4O3/c1-14(6-2-3-7-14)9-16-13(19)10-4-5-12(18(20)21)11(8-10)17-15/h4-5,8,17H,2-3,6-7,9,15H2,1H3,(H,16,19). The van der Waals surface area contributed by atoms with Gasteiger partial charge in [0, 0.05) is 18.2 Å². The number of carbonyl (C=O) groups is 1. The van der Waals surface area contributed by atoms with Gasteiger partial charge in [0.2, 0.25) is 0 Å². The molecule has 1 fully saturated rings. The van der Waals surface area contributed by atoms with E-state index in [-0.39, 0.29) is 22.7 Å². The largest absolute Gasteiger partial charge is 0.351 e. The number of nitro groups is 1. The Morgan fingerprint density at radius 1 is 1.43 bits per heavy atom. The first-order valence-corrected chi connectivity index (χ1v) is 6.98. The molecule has 1 aromatic carbocycles. The molecule has 7 nitrogen and oxygen atoms in total. The van der Waals surface area contributed by atoms with Crippen LogP contribution in [0.25, 0.3) is 0 Å². The number of nitrogens with two attached hydrogens (primary N) is 1. The van der Waals surface area contributed by atoms with Crippen molar-refractivity contribution in [2.45, 2.75) is 32.6 Å². The summed E-state index contributed by atoms with van der Waals surface area (Å²) in [4.78, 5) is 22.4. The third-order valence-corrected chi connectivity index (χ3v) is 4.10. The molecule has 0 radical (unpaired) electrons. The fourth-order valence-electron chi connectivity index (χ4n) is 2.75. The highest BCUT2D eigenvalue weighted by Crippen LogP contribution is 2.36. The van der Waals surface area contributed by atoms with E-state index in [1.165, 1.54) is 31.0 Å². The van der Waals surface area contributed by atoms with E-state index in [1.54, 1.807) is 0 Å². The number of amides is 1. The van der Waals surface area contributed by atoms with Gasteiger partial charge in [-0.25, -0.2) is 0 Å². The minimum atomic E-state index is -0.545. The van der Waals surface area contributed by atoms with E-state index in [1.807, 2.05) is 0 Å². The summed E-state index contributed by atoms with van der Waals surface area (Å²) in [6.45, 7) is 2.79. The fraction of sp³-hybridized carbons (Fsp3) is 0.500. The SMILES string of the molecule is CC1(CNC(=O)c2ccc([N+](=O)[O-])c(NN)c2)CCCC1. The van der Waals surface area contributed by atoms with E-state index in [4.69, 9.17) is 5.84 Å². The molecule has 0 saturated heterocycles. The number of hydrogen-bond acceptors (Lipinski definition) is 5.